The van der Waals surface area contributed by atoms with Crippen molar-refractivity contribution in [2.24, 2.45) is 5.92 Å². The van der Waals surface area contributed by atoms with E-state index in [1.807, 2.05) is 37.3 Å². The summed E-state index contributed by atoms with van der Waals surface area (Å²) < 4.78 is 27.5. The lowest BCUT2D eigenvalue weighted by Gasteiger charge is -2.31. The van der Waals surface area contributed by atoms with Gasteiger partial charge in [-0.2, -0.15) is 4.31 Å². The van der Waals surface area contributed by atoms with Gasteiger partial charge in [-0.25, -0.2) is 8.42 Å². The van der Waals surface area contributed by atoms with Crippen molar-refractivity contribution in [2.45, 2.75) is 50.5 Å². The molecule has 1 heterocycles. The first-order chi connectivity index (χ1) is 12.9. The molecular formula is C21H28N2O3S. The van der Waals surface area contributed by atoms with Gasteiger partial charge in [0.2, 0.25) is 15.9 Å². The van der Waals surface area contributed by atoms with Gasteiger partial charge in [0, 0.05) is 25.0 Å². The number of nitrogens with one attached hydrogen (secondary N) is 1. The van der Waals surface area contributed by atoms with Crippen LogP contribution in [0.25, 0.3) is 10.8 Å². The van der Waals surface area contributed by atoms with Gasteiger partial charge in [-0.05, 0) is 49.1 Å². The monoisotopic (exact) mass is 388 g/mol. The van der Waals surface area contributed by atoms with Gasteiger partial charge in [-0.1, -0.05) is 43.7 Å². The zero-order chi connectivity index (χ0) is 19.4. The van der Waals surface area contributed by atoms with E-state index in [4.69, 9.17) is 0 Å². The molecule has 1 aliphatic rings. The Balaban J connectivity index is 1.66. The van der Waals surface area contributed by atoms with E-state index in [1.165, 1.54) is 4.31 Å². The summed E-state index contributed by atoms with van der Waals surface area (Å²) >= 11 is 0. The lowest BCUT2D eigenvalue weighted by atomic mass is 9.96. The molecule has 1 aliphatic heterocycles. The van der Waals surface area contributed by atoms with Crippen LogP contribution in [0.1, 0.15) is 39.5 Å². The Morgan fingerprint density at radius 2 is 1.81 bits per heavy atom. The number of sulfonamides is 1. The van der Waals surface area contributed by atoms with Crippen LogP contribution in [-0.2, 0) is 14.8 Å². The van der Waals surface area contributed by atoms with Crippen LogP contribution in [0.15, 0.2) is 47.4 Å². The van der Waals surface area contributed by atoms with E-state index in [0.29, 0.717) is 30.8 Å². The Labute approximate surface area is 161 Å². The predicted molar refractivity (Wildman–Crippen MR) is 108 cm³/mol. The molecule has 0 saturated carbocycles. The van der Waals surface area contributed by atoms with Gasteiger partial charge in [-0.3, -0.25) is 4.79 Å². The van der Waals surface area contributed by atoms with Crippen molar-refractivity contribution in [1.29, 1.82) is 0 Å². The SMILES string of the molecule is CCCC(C)NC(=O)C1CCN(S(=O)(=O)c2ccc3ccccc3c2)CC1. The minimum atomic E-state index is -3.53. The average Bonchev–Trinajstić information content (AvgIpc) is 2.67. The van der Waals surface area contributed by atoms with Gasteiger partial charge in [0.15, 0.2) is 0 Å². The maximum absolute atomic E-state index is 13.0. The van der Waals surface area contributed by atoms with Crippen LogP contribution in [0.5, 0.6) is 0 Å². The Morgan fingerprint density at radius 1 is 1.15 bits per heavy atom. The van der Waals surface area contributed by atoms with Gasteiger partial charge in [0.25, 0.3) is 0 Å². The van der Waals surface area contributed by atoms with Crippen LogP contribution in [-0.4, -0.2) is 37.8 Å². The van der Waals surface area contributed by atoms with Gasteiger partial charge < -0.3 is 5.32 Å². The van der Waals surface area contributed by atoms with Crippen molar-refractivity contribution in [3.05, 3.63) is 42.5 Å². The fourth-order valence-corrected chi connectivity index (χ4v) is 5.21. The molecule has 0 radical (unpaired) electrons. The molecule has 6 heteroatoms. The summed E-state index contributed by atoms with van der Waals surface area (Å²) in [6.45, 7) is 4.88. The molecule has 0 aliphatic carbocycles. The highest BCUT2D eigenvalue weighted by Gasteiger charge is 2.32. The highest BCUT2D eigenvalue weighted by Crippen LogP contribution is 2.26. The number of piperidine rings is 1. The standard InChI is InChI=1S/C21H28N2O3S/c1-3-6-16(2)22-21(24)18-11-13-23(14-12-18)27(25,26)20-10-9-17-7-4-5-8-19(17)15-20/h4-5,7-10,15-16,18H,3,6,11-14H2,1-2H3,(H,22,24). The first kappa shape index (κ1) is 19.8. The van der Waals surface area contributed by atoms with Crippen molar-refractivity contribution in [1.82, 2.24) is 9.62 Å². The number of fused-ring (bicyclic) bond motifs is 1. The Morgan fingerprint density at radius 3 is 2.48 bits per heavy atom. The number of hydrogen-bond donors (Lipinski definition) is 1. The summed E-state index contributed by atoms with van der Waals surface area (Å²) in [5, 5.41) is 4.98. The van der Waals surface area contributed by atoms with E-state index in [9.17, 15) is 13.2 Å². The van der Waals surface area contributed by atoms with Crippen molar-refractivity contribution in [2.75, 3.05) is 13.1 Å². The summed E-state index contributed by atoms with van der Waals surface area (Å²) in [7, 11) is -3.53. The molecule has 1 N–H and O–H groups in total. The van der Waals surface area contributed by atoms with Crippen LogP contribution in [0, 0.1) is 5.92 Å². The summed E-state index contributed by atoms with van der Waals surface area (Å²) in [6.07, 6.45) is 3.12. The maximum Gasteiger partial charge on any atom is 0.243 e. The number of rotatable bonds is 6. The number of carbonyl (C=O) groups excluding carboxylic acids is 1. The highest BCUT2D eigenvalue weighted by molar-refractivity contribution is 7.89. The second-order valence-electron chi connectivity index (χ2n) is 7.39. The van der Waals surface area contributed by atoms with Crippen molar-refractivity contribution in [3.63, 3.8) is 0 Å². The maximum atomic E-state index is 13.0. The Bertz CT molecular complexity index is 903. The molecular weight excluding hydrogens is 360 g/mol. The molecule has 27 heavy (non-hydrogen) atoms. The summed E-state index contributed by atoms with van der Waals surface area (Å²) in [5.74, 6) is -0.0499. The quantitative estimate of drug-likeness (QED) is 0.823. The predicted octanol–water partition coefficient (Wildman–Crippen LogP) is 3.55. The minimum absolute atomic E-state index is 0.0544. The summed E-state index contributed by atoms with van der Waals surface area (Å²) in [5.41, 5.74) is 0. The Kier molecular flexibility index (Phi) is 6.17. The molecule has 1 atom stereocenters. The zero-order valence-electron chi connectivity index (χ0n) is 16.0. The van der Waals surface area contributed by atoms with E-state index in [-0.39, 0.29) is 17.9 Å². The largest absolute Gasteiger partial charge is 0.353 e. The zero-order valence-corrected chi connectivity index (χ0v) is 16.8. The third-order valence-corrected chi connectivity index (χ3v) is 7.19. The van der Waals surface area contributed by atoms with Crippen LogP contribution < -0.4 is 5.32 Å². The van der Waals surface area contributed by atoms with E-state index in [1.54, 1.807) is 12.1 Å². The second kappa shape index (κ2) is 8.40. The van der Waals surface area contributed by atoms with Crippen molar-refractivity contribution in [3.8, 4) is 0 Å². The number of amides is 1. The number of nitrogens with zero attached hydrogens (tertiary/aromatic N) is 1. The third-order valence-electron chi connectivity index (χ3n) is 5.29. The van der Waals surface area contributed by atoms with E-state index in [0.717, 1.165) is 23.6 Å². The fourth-order valence-electron chi connectivity index (χ4n) is 3.70. The first-order valence-electron chi connectivity index (χ1n) is 9.71. The number of hydrogen-bond acceptors (Lipinski definition) is 3. The minimum Gasteiger partial charge on any atom is -0.353 e. The summed E-state index contributed by atoms with van der Waals surface area (Å²) in [6, 6.07) is 13.1. The molecule has 0 aromatic heterocycles. The van der Waals surface area contributed by atoms with Crippen molar-refractivity contribution >= 4 is 26.7 Å². The topological polar surface area (TPSA) is 66.5 Å². The van der Waals surface area contributed by atoms with E-state index >= 15 is 0 Å². The highest BCUT2D eigenvalue weighted by atomic mass is 32.2. The fraction of sp³-hybridized carbons (Fsp3) is 0.476. The molecule has 1 saturated heterocycles. The lowest BCUT2D eigenvalue weighted by molar-refractivity contribution is -0.126. The van der Waals surface area contributed by atoms with Gasteiger partial charge in [0.1, 0.15) is 0 Å². The lowest BCUT2D eigenvalue weighted by Crippen LogP contribution is -2.44. The third kappa shape index (κ3) is 4.50. The normalized spacial score (nSPS) is 17.7. The number of carbonyl (C=O) groups is 1. The molecule has 1 amide bonds. The smallest absolute Gasteiger partial charge is 0.243 e. The molecule has 2 aromatic rings. The van der Waals surface area contributed by atoms with Gasteiger partial charge >= 0.3 is 0 Å². The molecule has 146 valence electrons. The molecule has 1 unspecified atom stereocenters. The molecule has 0 bridgehead atoms. The van der Waals surface area contributed by atoms with Crippen LogP contribution in [0.3, 0.4) is 0 Å². The molecule has 5 nitrogen and oxygen atoms in total. The second-order valence-corrected chi connectivity index (χ2v) is 9.32. The van der Waals surface area contributed by atoms with E-state index in [2.05, 4.69) is 12.2 Å². The van der Waals surface area contributed by atoms with E-state index < -0.39 is 10.0 Å². The van der Waals surface area contributed by atoms with Crippen LogP contribution >= 0.6 is 0 Å². The molecule has 1 fully saturated rings. The molecule has 0 spiro atoms. The van der Waals surface area contributed by atoms with Crippen LogP contribution in [0.2, 0.25) is 0 Å². The van der Waals surface area contributed by atoms with Gasteiger partial charge in [0.05, 0.1) is 4.90 Å². The molecule has 3 rings (SSSR count). The van der Waals surface area contributed by atoms with Gasteiger partial charge in [-0.15, -0.1) is 0 Å². The first-order valence-corrected chi connectivity index (χ1v) is 11.1. The van der Waals surface area contributed by atoms with Crippen molar-refractivity contribution < 1.29 is 13.2 Å². The number of benzene rings is 2. The van der Waals surface area contributed by atoms with Crippen LogP contribution in [0.4, 0.5) is 0 Å². The average molecular weight is 389 g/mol. The Hall–Kier alpha value is -1.92. The molecule has 2 aromatic carbocycles. The summed E-state index contributed by atoms with van der Waals surface area (Å²) in [4.78, 5) is 12.7.